The van der Waals surface area contributed by atoms with Gasteiger partial charge in [-0.05, 0) is 30.2 Å². The fourth-order valence-corrected chi connectivity index (χ4v) is 2.18. The number of para-hydroxylation sites is 1. The lowest BCUT2D eigenvalue weighted by Crippen LogP contribution is -2.21. The molecule has 118 valence electrons. The smallest absolute Gasteiger partial charge is 0.162 e. The van der Waals surface area contributed by atoms with Gasteiger partial charge in [0.2, 0.25) is 0 Å². The van der Waals surface area contributed by atoms with Gasteiger partial charge in [0.25, 0.3) is 0 Å². The standard InChI is InChI=1S/C17H21ClN2O2/c1-3-9-22-17-11-15(18)13(10-16(17)21-2)12-19-20-14-7-5-4-6-8-14/h4-8,10-11,19-20H,3,9,12H2,1-2H3. The van der Waals surface area contributed by atoms with Crippen LogP contribution in [0, 0.1) is 0 Å². The Balaban J connectivity index is 2.01. The van der Waals surface area contributed by atoms with E-state index in [9.17, 15) is 0 Å². The number of methoxy groups -OCH3 is 1. The van der Waals surface area contributed by atoms with Crippen LogP contribution in [-0.2, 0) is 6.54 Å². The van der Waals surface area contributed by atoms with Gasteiger partial charge in [-0.25, -0.2) is 5.43 Å². The van der Waals surface area contributed by atoms with Crippen molar-refractivity contribution in [3.8, 4) is 11.5 Å². The first-order valence-corrected chi connectivity index (χ1v) is 7.65. The van der Waals surface area contributed by atoms with Crippen LogP contribution in [0.25, 0.3) is 0 Å². The molecule has 0 saturated carbocycles. The molecule has 0 unspecified atom stereocenters. The van der Waals surface area contributed by atoms with Gasteiger partial charge in [0, 0.05) is 23.3 Å². The van der Waals surface area contributed by atoms with Crippen molar-refractivity contribution in [3.63, 3.8) is 0 Å². The Morgan fingerprint density at radius 2 is 1.86 bits per heavy atom. The second kappa shape index (κ2) is 8.51. The number of anilines is 1. The molecule has 2 N–H and O–H groups in total. The van der Waals surface area contributed by atoms with Gasteiger partial charge in [0.1, 0.15) is 0 Å². The minimum Gasteiger partial charge on any atom is -0.493 e. The van der Waals surface area contributed by atoms with Crippen LogP contribution >= 0.6 is 11.6 Å². The second-order valence-corrected chi connectivity index (χ2v) is 5.19. The fraction of sp³-hybridized carbons (Fsp3) is 0.294. The van der Waals surface area contributed by atoms with Crippen LogP contribution in [0.5, 0.6) is 11.5 Å². The lowest BCUT2D eigenvalue weighted by molar-refractivity contribution is 0.294. The summed E-state index contributed by atoms with van der Waals surface area (Å²) in [6.07, 6.45) is 0.936. The molecule has 0 bridgehead atoms. The molecule has 2 rings (SSSR count). The van der Waals surface area contributed by atoms with Gasteiger partial charge in [-0.2, -0.15) is 0 Å². The molecule has 0 aromatic heterocycles. The van der Waals surface area contributed by atoms with Crippen molar-refractivity contribution >= 4 is 17.3 Å². The quantitative estimate of drug-likeness (QED) is 0.713. The lowest BCUT2D eigenvalue weighted by atomic mass is 10.2. The Kier molecular flexibility index (Phi) is 6.37. The third kappa shape index (κ3) is 4.55. The number of rotatable bonds is 8. The van der Waals surface area contributed by atoms with Crippen molar-refractivity contribution in [2.24, 2.45) is 0 Å². The summed E-state index contributed by atoms with van der Waals surface area (Å²) in [5.41, 5.74) is 8.20. The highest BCUT2D eigenvalue weighted by Crippen LogP contribution is 2.33. The minimum absolute atomic E-state index is 0.568. The van der Waals surface area contributed by atoms with Crippen molar-refractivity contribution in [1.29, 1.82) is 0 Å². The fourth-order valence-electron chi connectivity index (χ4n) is 1.96. The predicted octanol–water partition coefficient (Wildman–Crippen LogP) is 4.25. The maximum absolute atomic E-state index is 6.32. The number of hydrazine groups is 1. The largest absolute Gasteiger partial charge is 0.493 e. The molecule has 4 nitrogen and oxygen atoms in total. The number of hydrogen-bond acceptors (Lipinski definition) is 4. The molecule has 0 heterocycles. The van der Waals surface area contributed by atoms with Crippen LogP contribution in [0.4, 0.5) is 5.69 Å². The van der Waals surface area contributed by atoms with E-state index >= 15 is 0 Å². The van der Waals surface area contributed by atoms with E-state index in [1.54, 1.807) is 13.2 Å². The molecule has 5 heteroatoms. The van der Waals surface area contributed by atoms with Gasteiger partial charge in [0.15, 0.2) is 11.5 Å². The van der Waals surface area contributed by atoms with Crippen molar-refractivity contribution < 1.29 is 9.47 Å². The van der Waals surface area contributed by atoms with Crippen LogP contribution in [0.3, 0.4) is 0 Å². The minimum atomic E-state index is 0.568. The van der Waals surface area contributed by atoms with E-state index in [0.29, 0.717) is 29.7 Å². The van der Waals surface area contributed by atoms with E-state index in [-0.39, 0.29) is 0 Å². The molecular weight excluding hydrogens is 300 g/mol. The van der Waals surface area contributed by atoms with Crippen molar-refractivity contribution in [3.05, 3.63) is 53.1 Å². The molecule has 0 aliphatic carbocycles. The molecule has 2 aromatic carbocycles. The number of nitrogens with one attached hydrogen (secondary N) is 2. The number of hydrogen-bond donors (Lipinski definition) is 2. The zero-order valence-corrected chi connectivity index (χ0v) is 13.6. The molecule has 0 radical (unpaired) electrons. The monoisotopic (exact) mass is 320 g/mol. The molecule has 2 aromatic rings. The van der Waals surface area contributed by atoms with E-state index in [1.807, 2.05) is 36.4 Å². The number of ether oxygens (including phenoxy) is 2. The van der Waals surface area contributed by atoms with Crippen LogP contribution in [0.2, 0.25) is 5.02 Å². The summed E-state index contributed by atoms with van der Waals surface area (Å²) < 4.78 is 11.0. The Morgan fingerprint density at radius 3 is 2.55 bits per heavy atom. The van der Waals surface area contributed by atoms with Crippen LogP contribution in [0.1, 0.15) is 18.9 Å². The summed E-state index contributed by atoms with van der Waals surface area (Å²) >= 11 is 6.32. The summed E-state index contributed by atoms with van der Waals surface area (Å²) in [5, 5.41) is 0.647. The topological polar surface area (TPSA) is 42.5 Å². The van der Waals surface area contributed by atoms with Gasteiger partial charge >= 0.3 is 0 Å². The molecule has 0 aliphatic heterocycles. The SMILES string of the molecule is CCCOc1cc(Cl)c(CNNc2ccccc2)cc1OC. The molecule has 0 aliphatic rings. The van der Waals surface area contributed by atoms with Gasteiger partial charge < -0.3 is 14.9 Å². The van der Waals surface area contributed by atoms with Crippen molar-refractivity contribution in [1.82, 2.24) is 5.43 Å². The summed E-state index contributed by atoms with van der Waals surface area (Å²) in [6.45, 7) is 3.26. The summed E-state index contributed by atoms with van der Waals surface area (Å²) in [4.78, 5) is 0. The molecule has 0 amide bonds. The van der Waals surface area contributed by atoms with E-state index < -0.39 is 0 Å². The zero-order chi connectivity index (χ0) is 15.8. The zero-order valence-electron chi connectivity index (χ0n) is 12.9. The molecule has 0 fully saturated rings. The first-order chi connectivity index (χ1) is 10.7. The van der Waals surface area contributed by atoms with E-state index in [4.69, 9.17) is 21.1 Å². The maximum Gasteiger partial charge on any atom is 0.162 e. The van der Waals surface area contributed by atoms with E-state index in [2.05, 4.69) is 17.8 Å². The molecule has 0 saturated heterocycles. The van der Waals surface area contributed by atoms with Crippen LogP contribution in [-0.4, -0.2) is 13.7 Å². The average Bonchev–Trinajstić information content (AvgIpc) is 2.55. The lowest BCUT2D eigenvalue weighted by Gasteiger charge is -2.14. The first-order valence-electron chi connectivity index (χ1n) is 7.27. The highest BCUT2D eigenvalue weighted by atomic mass is 35.5. The van der Waals surface area contributed by atoms with Crippen molar-refractivity contribution in [2.75, 3.05) is 19.1 Å². The van der Waals surface area contributed by atoms with Gasteiger partial charge in [-0.1, -0.05) is 36.7 Å². The third-order valence-corrected chi connectivity index (χ3v) is 3.43. The Hall–Kier alpha value is -1.91. The van der Waals surface area contributed by atoms with E-state index in [1.165, 1.54) is 0 Å². The first kappa shape index (κ1) is 16.5. The third-order valence-electron chi connectivity index (χ3n) is 3.08. The van der Waals surface area contributed by atoms with Gasteiger partial charge in [-0.3, -0.25) is 0 Å². The summed E-state index contributed by atoms with van der Waals surface area (Å²) in [6, 6.07) is 13.6. The Morgan fingerprint density at radius 1 is 1.09 bits per heavy atom. The molecule has 0 atom stereocenters. The molecule has 22 heavy (non-hydrogen) atoms. The summed E-state index contributed by atoms with van der Waals surface area (Å²) in [5.74, 6) is 1.36. The average molecular weight is 321 g/mol. The highest BCUT2D eigenvalue weighted by molar-refractivity contribution is 6.31. The van der Waals surface area contributed by atoms with Crippen LogP contribution in [0.15, 0.2) is 42.5 Å². The molecular formula is C17H21ClN2O2. The Bertz CT molecular complexity index is 591. The van der Waals surface area contributed by atoms with Gasteiger partial charge in [0.05, 0.1) is 13.7 Å². The highest BCUT2D eigenvalue weighted by Gasteiger charge is 2.10. The number of halogens is 1. The van der Waals surface area contributed by atoms with Crippen LogP contribution < -0.4 is 20.3 Å². The van der Waals surface area contributed by atoms with Crippen molar-refractivity contribution in [2.45, 2.75) is 19.9 Å². The van der Waals surface area contributed by atoms with Gasteiger partial charge in [-0.15, -0.1) is 0 Å². The van der Waals surface area contributed by atoms with E-state index in [0.717, 1.165) is 17.7 Å². The normalized spacial score (nSPS) is 10.3. The maximum atomic E-state index is 6.32. The predicted molar refractivity (Wildman–Crippen MR) is 90.7 cm³/mol. The Labute approximate surface area is 136 Å². The second-order valence-electron chi connectivity index (χ2n) is 4.79. The summed E-state index contributed by atoms with van der Waals surface area (Å²) in [7, 11) is 1.63. The molecule has 0 spiro atoms. The number of benzene rings is 2.